The molecule has 0 bridgehead atoms. The SMILES string of the molecule is CCC1(CNC(=O)N[C@@H](CC(=O)O)C(=O)O)CCC1. The zero-order chi connectivity index (χ0) is 14.5. The van der Waals surface area contributed by atoms with Gasteiger partial charge in [-0.15, -0.1) is 0 Å². The minimum atomic E-state index is -1.41. The number of carbonyl (C=O) groups excluding carboxylic acids is 1. The summed E-state index contributed by atoms with van der Waals surface area (Å²) in [6.07, 6.45) is 3.59. The highest BCUT2D eigenvalue weighted by Gasteiger charge is 2.35. The molecule has 1 fully saturated rings. The Morgan fingerprint density at radius 3 is 2.26 bits per heavy atom. The highest BCUT2D eigenvalue weighted by atomic mass is 16.4. The molecule has 7 nitrogen and oxygen atoms in total. The first kappa shape index (κ1) is 15.3. The van der Waals surface area contributed by atoms with E-state index in [1.807, 2.05) is 0 Å². The smallest absolute Gasteiger partial charge is 0.326 e. The number of rotatable bonds is 7. The van der Waals surface area contributed by atoms with E-state index in [0.29, 0.717) is 6.54 Å². The van der Waals surface area contributed by atoms with Crippen LogP contribution < -0.4 is 10.6 Å². The zero-order valence-electron chi connectivity index (χ0n) is 10.9. The van der Waals surface area contributed by atoms with Crippen LogP contribution in [0.3, 0.4) is 0 Å². The van der Waals surface area contributed by atoms with Crippen LogP contribution in [0, 0.1) is 5.41 Å². The summed E-state index contributed by atoms with van der Waals surface area (Å²) < 4.78 is 0. The van der Waals surface area contributed by atoms with Gasteiger partial charge in [0.05, 0.1) is 6.42 Å². The molecular formula is C12H20N2O5. The summed E-state index contributed by atoms with van der Waals surface area (Å²) in [6, 6.07) is -2.04. The maximum atomic E-state index is 11.6. The van der Waals surface area contributed by atoms with Crippen molar-refractivity contribution in [1.29, 1.82) is 0 Å². The van der Waals surface area contributed by atoms with Crippen molar-refractivity contribution in [3.8, 4) is 0 Å². The summed E-state index contributed by atoms with van der Waals surface area (Å²) in [5, 5.41) is 22.1. The van der Waals surface area contributed by atoms with Crippen molar-refractivity contribution in [3.05, 3.63) is 0 Å². The maximum Gasteiger partial charge on any atom is 0.326 e. The molecule has 1 aliphatic rings. The minimum absolute atomic E-state index is 0.128. The highest BCUT2D eigenvalue weighted by Crippen LogP contribution is 2.42. The van der Waals surface area contributed by atoms with Crippen molar-refractivity contribution in [2.45, 2.75) is 45.1 Å². The van der Waals surface area contributed by atoms with Gasteiger partial charge in [-0.3, -0.25) is 4.79 Å². The average Bonchev–Trinajstić information content (AvgIpc) is 2.26. The molecular weight excluding hydrogens is 252 g/mol. The molecule has 1 rings (SSSR count). The van der Waals surface area contributed by atoms with Crippen LogP contribution in [0.5, 0.6) is 0 Å². The normalized spacial score (nSPS) is 17.9. The van der Waals surface area contributed by atoms with Crippen molar-refractivity contribution in [1.82, 2.24) is 10.6 Å². The summed E-state index contributed by atoms with van der Waals surface area (Å²) >= 11 is 0. The van der Waals surface area contributed by atoms with Gasteiger partial charge in [-0.05, 0) is 24.7 Å². The molecule has 4 N–H and O–H groups in total. The Morgan fingerprint density at radius 2 is 1.89 bits per heavy atom. The maximum absolute atomic E-state index is 11.6. The van der Waals surface area contributed by atoms with Crippen molar-refractivity contribution < 1.29 is 24.6 Å². The standard InChI is InChI=1S/C12H20N2O5/c1-2-12(4-3-5-12)7-13-11(19)14-8(10(17)18)6-9(15)16/h8H,2-7H2,1H3,(H,15,16)(H,17,18)(H2,13,14,19)/t8-/m0/s1. The predicted molar refractivity (Wildman–Crippen MR) is 66.8 cm³/mol. The van der Waals surface area contributed by atoms with Crippen LogP contribution in [0.2, 0.25) is 0 Å². The summed E-state index contributed by atoms with van der Waals surface area (Å²) in [5.74, 6) is -2.62. The molecule has 0 aliphatic heterocycles. The minimum Gasteiger partial charge on any atom is -0.481 e. The fraction of sp³-hybridized carbons (Fsp3) is 0.750. The van der Waals surface area contributed by atoms with E-state index in [2.05, 4.69) is 17.6 Å². The number of carboxylic acids is 2. The van der Waals surface area contributed by atoms with Crippen LogP contribution in [-0.2, 0) is 9.59 Å². The van der Waals surface area contributed by atoms with Gasteiger partial charge < -0.3 is 20.8 Å². The second-order valence-corrected chi connectivity index (χ2v) is 5.02. The molecule has 0 heterocycles. The van der Waals surface area contributed by atoms with Gasteiger partial charge in [0.15, 0.2) is 0 Å². The fourth-order valence-corrected chi connectivity index (χ4v) is 2.18. The van der Waals surface area contributed by atoms with E-state index in [9.17, 15) is 14.4 Å². The monoisotopic (exact) mass is 272 g/mol. The van der Waals surface area contributed by atoms with E-state index in [-0.39, 0.29) is 5.41 Å². The lowest BCUT2D eigenvalue weighted by Gasteiger charge is -2.41. The van der Waals surface area contributed by atoms with Crippen molar-refractivity contribution in [2.75, 3.05) is 6.54 Å². The molecule has 0 spiro atoms. The number of aliphatic carboxylic acids is 2. The summed E-state index contributed by atoms with van der Waals surface area (Å²) in [7, 11) is 0. The van der Waals surface area contributed by atoms with E-state index < -0.39 is 30.4 Å². The van der Waals surface area contributed by atoms with Crippen LogP contribution in [0.4, 0.5) is 4.79 Å². The fourth-order valence-electron chi connectivity index (χ4n) is 2.18. The van der Waals surface area contributed by atoms with Gasteiger partial charge in [0, 0.05) is 6.54 Å². The summed E-state index contributed by atoms with van der Waals surface area (Å²) in [4.78, 5) is 32.8. The lowest BCUT2D eigenvalue weighted by molar-refractivity contribution is -0.145. The molecule has 0 aromatic rings. The van der Waals surface area contributed by atoms with Crippen molar-refractivity contribution in [3.63, 3.8) is 0 Å². The third-order valence-corrected chi connectivity index (χ3v) is 3.77. The van der Waals surface area contributed by atoms with E-state index in [1.165, 1.54) is 0 Å². The number of amides is 2. The highest BCUT2D eigenvalue weighted by molar-refractivity contribution is 5.86. The molecule has 19 heavy (non-hydrogen) atoms. The number of carbonyl (C=O) groups is 3. The first-order chi connectivity index (χ1) is 8.88. The molecule has 1 atom stereocenters. The van der Waals surface area contributed by atoms with E-state index in [1.54, 1.807) is 0 Å². The van der Waals surface area contributed by atoms with Gasteiger partial charge in [-0.25, -0.2) is 9.59 Å². The molecule has 108 valence electrons. The first-order valence-corrected chi connectivity index (χ1v) is 6.37. The molecule has 2 amide bonds. The number of carboxylic acid groups (broad SMARTS) is 2. The quantitative estimate of drug-likeness (QED) is 0.547. The number of urea groups is 1. The van der Waals surface area contributed by atoms with E-state index in [0.717, 1.165) is 25.7 Å². The Hall–Kier alpha value is -1.79. The molecule has 7 heteroatoms. The lowest BCUT2D eigenvalue weighted by Crippen LogP contribution is -2.50. The Labute approximate surface area is 111 Å². The molecule has 0 aromatic carbocycles. The van der Waals surface area contributed by atoms with Crippen LogP contribution >= 0.6 is 0 Å². The van der Waals surface area contributed by atoms with Crippen LogP contribution in [0.1, 0.15) is 39.0 Å². The van der Waals surface area contributed by atoms with Gasteiger partial charge >= 0.3 is 18.0 Å². The Balaban J connectivity index is 2.40. The van der Waals surface area contributed by atoms with Gasteiger partial charge in [0.25, 0.3) is 0 Å². The summed E-state index contributed by atoms with van der Waals surface area (Å²) in [5.41, 5.74) is 0.128. The topological polar surface area (TPSA) is 116 Å². The van der Waals surface area contributed by atoms with Crippen LogP contribution in [0.25, 0.3) is 0 Å². The van der Waals surface area contributed by atoms with Gasteiger partial charge in [-0.2, -0.15) is 0 Å². The Bertz CT molecular complexity index is 360. The first-order valence-electron chi connectivity index (χ1n) is 6.37. The van der Waals surface area contributed by atoms with Gasteiger partial charge in [-0.1, -0.05) is 13.3 Å². The van der Waals surface area contributed by atoms with Gasteiger partial charge in [0.2, 0.25) is 0 Å². The molecule has 0 unspecified atom stereocenters. The number of hydrogen-bond donors (Lipinski definition) is 4. The Kier molecular flexibility index (Phi) is 5.14. The van der Waals surface area contributed by atoms with E-state index in [4.69, 9.17) is 10.2 Å². The second-order valence-electron chi connectivity index (χ2n) is 5.02. The van der Waals surface area contributed by atoms with Gasteiger partial charge in [0.1, 0.15) is 6.04 Å². The third kappa shape index (κ3) is 4.42. The third-order valence-electron chi connectivity index (χ3n) is 3.77. The zero-order valence-corrected chi connectivity index (χ0v) is 10.9. The largest absolute Gasteiger partial charge is 0.481 e. The predicted octanol–water partition coefficient (Wildman–Crippen LogP) is 0.794. The van der Waals surface area contributed by atoms with Crippen molar-refractivity contribution in [2.24, 2.45) is 5.41 Å². The molecule has 1 saturated carbocycles. The molecule has 0 aromatic heterocycles. The van der Waals surface area contributed by atoms with Crippen molar-refractivity contribution >= 4 is 18.0 Å². The Morgan fingerprint density at radius 1 is 1.26 bits per heavy atom. The second kappa shape index (κ2) is 6.40. The summed E-state index contributed by atoms with van der Waals surface area (Å²) in [6.45, 7) is 2.55. The number of hydrogen-bond acceptors (Lipinski definition) is 3. The average molecular weight is 272 g/mol. The number of nitrogens with one attached hydrogen (secondary N) is 2. The molecule has 0 saturated heterocycles. The van der Waals surface area contributed by atoms with Crippen LogP contribution in [-0.4, -0.2) is 40.8 Å². The van der Waals surface area contributed by atoms with E-state index >= 15 is 0 Å². The lowest BCUT2D eigenvalue weighted by atomic mass is 9.67. The molecule has 1 aliphatic carbocycles. The molecule has 0 radical (unpaired) electrons. The van der Waals surface area contributed by atoms with Crippen LogP contribution in [0.15, 0.2) is 0 Å².